The van der Waals surface area contributed by atoms with Crippen LogP contribution in [0, 0.1) is 23.1 Å². The van der Waals surface area contributed by atoms with Crippen LogP contribution < -0.4 is 10.6 Å². The van der Waals surface area contributed by atoms with E-state index >= 15 is 0 Å². The molecule has 2 bridgehead atoms. The van der Waals surface area contributed by atoms with Crippen LogP contribution in [0.3, 0.4) is 0 Å². The van der Waals surface area contributed by atoms with Gasteiger partial charge in [-0.05, 0) is 67.7 Å². The topological polar surface area (TPSA) is 77.4 Å². The quantitative estimate of drug-likeness (QED) is 0.729. The first-order valence-electron chi connectivity index (χ1n) is 11.7. The zero-order valence-corrected chi connectivity index (χ0v) is 17.9. The van der Waals surface area contributed by atoms with Crippen molar-refractivity contribution in [2.24, 2.45) is 5.92 Å². The average molecular weight is 427 g/mol. The highest BCUT2D eigenvalue weighted by molar-refractivity contribution is 5.83. The van der Waals surface area contributed by atoms with Crippen molar-refractivity contribution in [3.05, 3.63) is 35.1 Å². The maximum absolute atomic E-state index is 14.9. The predicted octanol–water partition coefficient (Wildman–Crippen LogP) is 2.10. The summed E-state index contributed by atoms with van der Waals surface area (Å²) in [5.41, 5.74) is 1.51. The van der Waals surface area contributed by atoms with Crippen LogP contribution in [-0.4, -0.2) is 61.3 Å². The number of carbonyl (C=O) groups excluding carboxylic acids is 1. The van der Waals surface area contributed by atoms with Gasteiger partial charge in [0.05, 0.1) is 31.4 Å². The predicted molar refractivity (Wildman–Crippen MR) is 114 cm³/mol. The van der Waals surface area contributed by atoms with Crippen LogP contribution in [0.1, 0.15) is 49.1 Å². The molecule has 0 radical (unpaired) electrons. The average Bonchev–Trinajstić information content (AvgIpc) is 3.37. The number of nitrogens with one attached hydrogen (secondary N) is 2. The van der Waals surface area contributed by atoms with Crippen LogP contribution in [0.5, 0.6) is 0 Å². The van der Waals surface area contributed by atoms with E-state index in [1.165, 1.54) is 0 Å². The molecule has 1 saturated carbocycles. The molecular weight excluding hydrogens is 395 g/mol. The van der Waals surface area contributed by atoms with Crippen LogP contribution in [0.25, 0.3) is 0 Å². The summed E-state index contributed by atoms with van der Waals surface area (Å²) >= 11 is 0. The Hall–Kier alpha value is -2.01. The number of rotatable bonds is 6. The summed E-state index contributed by atoms with van der Waals surface area (Å²) in [7, 11) is 0. The third kappa shape index (κ3) is 4.34. The van der Waals surface area contributed by atoms with Gasteiger partial charge in [0.2, 0.25) is 5.91 Å². The maximum Gasteiger partial charge on any atom is 0.238 e. The SMILES string of the molecule is N#C[C@H](Cc1ccc(C2CCCN(C3COC3)C2)cc1F)NC(=O)[C@H]1NC2CCC1C2. The van der Waals surface area contributed by atoms with E-state index in [1.807, 2.05) is 6.07 Å². The van der Waals surface area contributed by atoms with Gasteiger partial charge in [0.15, 0.2) is 0 Å². The van der Waals surface area contributed by atoms with E-state index in [0.717, 1.165) is 64.0 Å². The van der Waals surface area contributed by atoms with Crippen LogP contribution in [0.15, 0.2) is 18.2 Å². The van der Waals surface area contributed by atoms with E-state index in [0.29, 0.717) is 29.5 Å². The fraction of sp³-hybridized carbons (Fsp3) is 0.667. The maximum atomic E-state index is 14.9. The number of nitrogens with zero attached hydrogens (tertiary/aromatic N) is 2. The summed E-state index contributed by atoms with van der Waals surface area (Å²) < 4.78 is 20.3. The molecule has 5 rings (SSSR count). The normalized spacial score (nSPS) is 31.7. The number of fused-ring (bicyclic) bond motifs is 2. The molecule has 1 aliphatic carbocycles. The van der Waals surface area contributed by atoms with Gasteiger partial charge in [0.1, 0.15) is 11.9 Å². The van der Waals surface area contributed by atoms with Crippen LogP contribution >= 0.6 is 0 Å². The first-order valence-corrected chi connectivity index (χ1v) is 11.7. The number of hydrogen-bond donors (Lipinski definition) is 2. The summed E-state index contributed by atoms with van der Waals surface area (Å²) in [5.74, 6) is 0.280. The van der Waals surface area contributed by atoms with Gasteiger partial charge in [-0.25, -0.2) is 4.39 Å². The van der Waals surface area contributed by atoms with Crippen molar-refractivity contribution in [1.29, 1.82) is 5.26 Å². The van der Waals surface area contributed by atoms with Crippen molar-refractivity contribution in [2.75, 3.05) is 26.3 Å². The zero-order chi connectivity index (χ0) is 21.4. The zero-order valence-electron chi connectivity index (χ0n) is 17.9. The van der Waals surface area contributed by atoms with Crippen molar-refractivity contribution in [2.45, 2.75) is 68.6 Å². The minimum Gasteiger partial charge on any atom is -0.378 e. The molecule has 31 heavy (non-hydrogen) atoms. The van der Waals surface area contributed by atoms with Gasteiger partial charge in [0.25, 0.3) is 0 Å². The molecule has 3 unspecified atom stereocenters. The minimum absolute atomic E-state index is 0.127. The molecule has 0 spiro atoms. The first kappa shape index (κ1) is 20.9. The lowest BCUT2D eigenvalue weighted by atomic mass is 9.88. The summed E-state index contributed by atoms with van der Waals surface area (Å²) in [6, 6.07) is 7.57. The Labute approximate surface area is 183 Å². The lowest BCUT2D eigenvalue weighted by molar-refractivity contribution is -0.124. The molecule has 166 valence electrons. The summed E-state index contributed by atoms with van der Waals surface area (Å²) in [4.78, 5) is 15.1. The number of carbonyl (C=O) groups is 1. The highest BCUT2D eigenvalue weighted by Gasteiger charge is 2.43. The van der Waals surface area contributed by atoms with Gasteiger partial charge < -0.3 is 15.4 Å². The Morgan fingerprint density at radius 3 is 2.87 bits per heavy atom. The lowest BCUT2D eigenvalue weighted by Crippen LogP contribution is -2.52. The number of nitriles is 1. The fourth-order valence-electron chi connectivity index (χ4n) is 5.79. The highest BCUT2D eigenvalue weighted by Crippen LogP contribution is 2.35. The minimum atomic E-state index is -0.724. The molecule has 0 aromatic heterocycles. The monoisotopic (exact) mass is 426 g/mol. The number of likely N-dealkylation sites (tertiary alicyclic amines) is 1. The van der Waals surface area contributed by atoms with Gasteiger partial charge >= 0.3 is 0 Å². The van der Waals surface area contributed by atoms with Gasteiger partial charge in [-0.3, -0.25) is 9.69 Å². The molecule has 4 fully saturated rings. The van der Waals surface area contributed by atoms with Gasteiger partial charge in [-0.1, -0.05) is 12.1 Å². The van der Waals surface area contributed by atoms with E-state index in [1.54, 1.807) is 12.1 Å². The largest absolute Gasteiger partial charge is 0.378 e. The van der Waals surface area contributed by atoms with E-state index < -0.39 is 6.04 Å². The Morgan fingerprint density at radius 2 is 2.23 bits per heavy atom. The molecule has 1 amide bonds. The molecule has 1 aromatic rings. The molecule has 5 atom stereocenters. The first-order chi connectivity index (χ1) is 15.1. The fourth-order valence-corrected chi connectivity index (χ4v) is 5.79. The van der Waals surface area contributed by atoms with Crippen LogP contribution in [-0.2, 0) is 16.0 Å². The highest BCUT2D eigenvalue weighted by atomic mass is 19.1. The summed E-state index contributed by atoms with van der Waals surface area (Å²) in [6.07, 6.45) is 5.60. The second kappa shape index (κ2) is 8.85. The van der Waals surface area contributed by atoms with Crippen molar-refractivity contribution in [3.63, 3.8) is 0 Å². The molecule has 6 nitrogen and oxygen atoms in total. The molecule has 7 heteroatoms. The Balaban J connectivity index is 1.20. The Kier molecular flexibility index (Phi) is 5.96. The van der Waals surface area contributed by atoms with Crippen LogP contribution in [0.2, 0.25) is 0 Å². The Morgan fingerprint density at radius 1 is 1.35 bits per heavy atom. The molecule has 3 heterocycles. The van der Waals surface area contributed by atoms with E-state index in [4.69, 9.17) is 4.74 Å². The van der Waals surface area contributed by atoms with E-state index in [-0.39, 0.29) is 24.2 Å². The molecular formula is C24H31FN4O2. The third-order valence-corrected chi connectivity index (χ3v) is 7.68. The second-order valence-electron chi connectivity index (χ2n) is 9.69. The molecule has 1 aromatic carbocycles. The van der Waals surface area contributed by atoms with Gasteiger partial charge in [-0.15, -0.1) is 0 Å². The van der Waals surface area contributed by atoms with Crippen molar-refractivity contribution < 1.29 is 13.9 Å². The lowest BCUT2D eigenvalue weighted by Gasteiger charge is -2.42. The van der Waals surface area contributed by atoms with Gasteiger partial charge in [0, 0.05) is 19.0 Å². The second-order valence-corrected chi connectivity index (χ2v) is 9.69. The standard InChI is InChI=1S/C24H31FN4O2/c25-22-10-15(18-2-1-7-29(12-18)21-13-31-14-21)3-4-16(22)8-20(11-26)28-24(30)23-17-5-6-19(9-17)27-23/h3-4,10,17-21,23,27H,1-2,5-9,12-14H2,(H,28,30)/t17?,18?,19?,20-,23-/m0/s1. The van der Waals surface area contributed by atoms with Crippen molar-refractivity contribution in [1.82, 2.24) is 15.5 Å². The number of ether oxygens (including phenoxy) is 1. The Bertz CT molecular complexity index is 868. The van der Waals surface area contributed by atoms with Crippen LogP contribution in [0.4, 0.5) is 4.39 Å². The molecule has 2 N–H and O–H groups in total. The summed E-state index contributed by atoms with van der Waals surface area (Å²) in [6.45, 7) is 3.64. The molecule has 4 aliphatic rings. The van der Waals surface area contributed by atoms with Gasteiger partial charge in [-0.2, -0.15) is 5.26 Å². The summed E-state index contributed by atoms with van der Waals surface area (Å²) in [5, 5.41) is 15.7. The van der Waals surface area contributed by atoms with E-state index in [2.05, 4.69) is 21.6 Å². The van der Waals surface area contributed by atoms with Crippen molar-refractivity contribution in [3.8, 4) is 6.07 Å². The third-order valence-electron chi connectivity index (χ3n) is 7.68. The number of piperidine rings is 2. The number of hydrogen-bond acceptors (Lipinski definition) is 5. The molecule has 3 saturated heterocycles. The number of amides is 1. The van der Waals surface area contributed by atoms with E-state index in [9.17, 15) is 14.4 Å². The van der Waals surface area contributed by atoms with Crippen molar-refractivity contribution >= 4 is 5.91 Å². The smallest absolute Gasteiger partial charge is 0.238 e. The molecule has 3 aliphatic heterocycles. The number of halogens is 1. The number of benzene rings is 1.